The van der Waals surface area contributed by atoms with Gasteiger partial charge in [-0.3, -0.25) is 4.79 Å². The molecule has 1 amide bonds. The predicted molar refractivity (Wildman–Crippen MR) is 73.4 cm³/mol. The van der Waals surface area contributed by atoms with Gasteiger partial charge in [0.1, 0.15) is 0 Å². The molecule has 6 heteroatoms. The van der Waals surface area contributed by atoms with Crippen molar-refractivity contribution >= 4 is 21.8 Å². The zero-order chi connectivity index (χ0) is 13.8. The Labute approximate surface area is 119 Å². The minimum Gasteiger partial charge on any atom is -0.490 e. The van der Waals surface area contributed by atoms with Gasteiger partial charge in [0.2, 0.25) is 5.91 Å². The van der Waals surface area contributed by atoms with E-state index in [0.717, 1.165) is 6.42 Å². The van der Waals surface area contributed by atoms with Crippen LogP contribution in [-0.2, 0) is 4.79 Å². The van der Waals surface area contributed by atoms with Gasteiger partial charge in [-0.15, -0.1) is 0 Å². The van der Waals surface area contributed by atoms with Crippen LogP contribution in [0.2, 0.25) is 0 Å². The summed E-state index contributed by atoms with van der Waals surface area (Å²) in [5.41, 5.74) is 5.74. The largest absolute Gasteiger partial charge is 0.490 e. The number of amides is 1. The second kappa shape index (κ2) is 6.34. The van der Waals surface area contributed by atoms with E-state index in [1.165, 1.54) is 12.1 Å². The number of hydrogen-bond donors (Lipinski definition) is 1. The summed E-state index contributed by atoms with van der Waals surface area (Å²) in [6.45, 7) is 1.47. The van der Waals surface area contributed by atoms with Crippen molar-refractivity contribution < 1.29 is 13.9 Å². The summed E-state index contributed by atoms with van der Waals surface area (Å²) in [5, 5.41) is 0. The topological polar surface area (TPSA) is 55.6 Å². The lowest BCUT2D eigenvalue weighted by molar-refractivity contribution is -0.130. The monoisotopic (exact) mass is 330 g/mol. The normalized spacial score (nSPS) is 18.7. The Morgan fingerprint density at radius 1 is 1.58 bits per heavy atom. The number of hydrogen-bond acceptors (Lipinski definition) is 3. The molecule has 0 unspecified atom stereocenters. The van der Waals surface area contributed by atoms with Crippen LogP contribution in [0.25, 0.3) is 0 Å². The van der Waals surface area contributed by atoms with E-state index in [9.17, 15) is 9.18 Å². The van der Waals surface area contributed by atoms with Gasteiger partial charge in [0, 0.05) is 23.6 Å². The molecule has 2 N–H and O–H groups in total. The summed E-state index contributed by atoms with van der Waals surface area (Å²) >= 11 is 3.17. The first kappa shape index (κ1) is 14.3. The van der Waals surface area contributed by atoms with Crippen LogP contribution in [0.3, 0.4) is 0 Å². The van der Waals surface area contributed by atoms with Crippen LogP contribution in [-0.4, -0.2) is 36.5 Å². The zero-order valence-corrected chi connectivity index (χ0v) is 12.0. The third-order valence-corrected chi connectivity index (χ3v) is 3.54. The number of carbonyl (C=O) groups is 1. The van der Waals surface area contributed by atoms with Crippen LogP contribution in [0.5, 0.6) is 5.75 Å². The van der Waals surface area contributed by atoms with Gasteiger partial charge in [0.25, 0.3) is 0 Å². The van der Waals surface area contributed by atoms with E-state index in [-0.39, 0.29) is 30.7 Å². The number of rotatable bonds is 4. The molecule has 1 aromatic carbocycles. The third kappa shape index (κ3) is 3.91. The fourth-order valence-corrected chi connectivity index (χ4v) is 2.35. The molecule has 1 atom stereocenters. The Kier molecular flexibility index (Phi) is 4.76. The average Bonchev–Trinajstić information content (AvgIpc) is 2.78. The molecule has 0 spiro atoms. The van der Waals surface area contributed by atoms with Crippen LogP contribution >= 0.6 is 15.9 Å². The van der Waals surface area contributed by atoms with Crippen molar-refractivity contribution in [3.63, 3.8) is 0 Å². The van der Waals surface area contributed by atoms with Crippen LogP contribution in [0.4, 0.5) is 4.39 Å². The summed E-state index contributed by atoms with van der Waals surface area (Å²) in [4.78, 5) is 13.5. The van der Waals surface area contributed by atoms with Gasteiger partial charge in [0.15, 0.2) is 11.6 Å². The minimum atomic E-state index is -0.440. The molecule has 0 saturated carbocycles. The van der Waals surface area contributed by atoms with Crippen molar-refractivity contribution in [2.45, 2.75) is 18.9 Å². The van der Waals surface area contributed by atoms with Crippen LogP contribution in [0, 0.1) is 5.82 Å². The maximum atomic E-state index is 13.5. The Bertz CT molecular complexity index is 470. The molecular weight excluding hydrogens is 315 g/mol. The molecule has 2 rings (SSSR count). The number of halogens is 2. The minimum absolute atomic E-state index is 0.00506. The van der Waals surface area contributed by atoms with Gasteiger partial charge in [-0.05, 0) is 24.6 Å². The Balaban J connectivity index is 1.78. The summed E-state index contributed by atoms with van der Waals surface area (Å²) in [6.07, 6.45) is 1.08. The number of ether oxygens (including phenoxy) is 1. The lowest BCUT2D eigenvalue weighted by Crippen LogP contribution is -2.32. The maximum absolute atomic E-state index is 13.5. The molecule has 0 aliphatic carbocycles. The first-order valence-electron chi connectivity index (χ1n) is 6.17. The first-order chi connectivity index (χ1) is 9.06. The Morgan fingerprint density at radius 2 is 2.37 bits per heavy atom. The van der Waals surface area contributed by atoms with Gasteiger partial charge in [-0.2, -0.15) is 0 Å². The summed E-state index contributed by atoms with van der Waals surface area (Å²) < 4.78 is 19.4. The van der Waals surface area contributed by atoms with E-state index in [1.54, 1.807) is 11.0 Å². The zero-order valence-electron chi connectivity index (χ0n) is 10.4. The second-order valence-electron chi connectivity index (χ2n) is 4.56. The molecule has 19 heavy (non-hydrogen) atoms. The Hall–Kier alpha value is -1.14. The van der Waals surface area contributed by atoms with Crippen LogP contribution in [0.15, 0.2) is 22.7 Å². The van der Waals surface area contributed by atoms with E-state index in [4.69, 9.17) is 10.5 Å². The lowest BCUT2D eigenvalue weighted by atomic mass is 10.3. The molecular formula is C13H16BrFN2O2. The molecule has 0 aromatic heterocycles. The number of nitrogens with zero attached hydrogens (tertiary/aromatic N) is 1. The molecule has 1 aliphatic heterocycles. The van der Waals surface area contributed by atoms with E-state index >= 15 is 0 Å². The maximum Gasteiger partial charge on any atom is 0.226 e. The average molecular weight is 331 g/mol. The highest BCUT2D eigenvalue weighted by atomic mass is 79.9. The van der Waals surface area contributed by atoms with Crippen molar-refractivity contribution in [3.05, 3.63) is 28.5 Å². The quantitative estimate of drug-likeness (QED) is 0.917. The fraction of sp³-hybridized carbons (Fsp3) is 0.462. The van der Waals surface area contributed by atoms with Gasteiger partial charge in [0.05, 0.1) is 13.0 Å². The smallest absolute Gasteiger partial charge is 0.226 e. The summed E-state index contributed by atoms with van der Waals surface area (Å²) in [7, 11) is 0. The van der Waals surface area contributed by atoms with Crippen molar-refractivity contribution in [1.29, 1.82) is 0 Å². The summed E-state index contributed by atoms with van der Waals surface area (Å²) in [6, 6.07) is 4.64. The standard InChI is InChI=1S/C13H16BrFN2O2/c14-9-1-2-12(11(15)7-9)19-6-4-13(18)17-5-3-10(16)8-17/h1-2,7,10H,3-6,8,16H2/t10-/m0/s1. The molecule has 0 bridgehead atoms. The predicted octanol–water partition coefficient (Wildman–Crippen LogP) is 1.92. The van der Waals surface area contributed by atoms with E-state index in [0.29, 0.717) is 17.6 Å². The van der Waals surface area contributed by atoms with Gasteiger partial charge in [-0.25, -0.2) is 4.39 Å². The molecule has 4 nitrogen and oxygen atoms in total. The van der Waals surface area contributed by atoms with Crippen molar-refractivity contribution in [1.82, 2.24) is 4.90 Å². The molecule has 1 fully saturated rings. The SMILES string of the molecule is N[C@H]1CCN(C(=O)CCOc2ccc(Br)cc2F)C1. The third-order valence-electron chi connectivity index (χ3n) is 3.04. The van der Waals surface area contributed by atoms with Crippen LogP contribution in [0.1, 0.15) is 12.8 Å². The number of carbonyl (C=O) groups excluding carboxylic acids is 1. The van der Waals surface area contributed by atoms with Crippen LogP contribution < -0.4 is 10.5 Å². The molecule has 1 aromatic rings. The van der Waals surface area contributed by atoms with Gasteiger partial charge >= 0.3 is 0 Å². The molecule has 1 saturated heterocycles. The van der Waals surface area contributed by atoms with Gasteiger partial charge in [-0.1, -0.05) is 15.9 Å². The van der Waals surface area contributed by atoms with E-state index in [1.807, 2.05) is 0 Å². The molecule has 1 aliphatic rings. The molecule has 104 valence electrons. The van der Waals surface area contributed by atoms with Gasteiger partial charge < -0.3 is 15.4 Å². The Morgan fingerprint density at radius 3 is 3.00 bits per heavy atom. The highest BCUT2D eigenvalue weighted by Crippen LogP contribution is 2.21. The first-order valence-corrected chi connectivity index (χ1v) is 6.97. The fourth-order valence-electron chi connectivity index (χ4n) is 2.01. The van der Waals surface area contributed by atoms with E-state index in [2.05, 4.69) is 15.9 Å². The lowest BCUT2D eigenvalue weighted by Gasteiger charge is -2.16. The number of benzene rings is 1. The second-order valence-corrected chi connectivity index (χ2v) is 5.48. The van der Waals surface area contributed by atoms with Crippen molar-refractivity contribution in [3.8, 4) is 5.75 Å². The highest BCUT2D eigenvalue weighted by molar-refractivity contribution is 9.10. The highest BCUT2D eigenvalue weighted by Gasteiger charge is 2.23. The molecule has 0 radical (unpaired) electrons. The van der Waals surface area contributed by atoms with Crippen molar-refractivity contribution in [2.75, 3.05) is 19.7 Å². The number of nitrogens with two attached hydrogens (primary N) is 1. The molecule has 1 heterocycles. The number of likely N-dealkylation sites (tertiary alicyclic amines) is 1. The van der Waals surface area contributed by atoms with Crippen molar-refractivity contribution in [2.24, 2.45) is 5.73 Å². The van der Waals surface area contributed by atoms with E-state index < -0.39 is 5.82 Å². The summed E-state index contributed by atoms with van der Waals surface area (Å²) in [5.74, 6) is -0.274.